The van der Waals surface area contributed by atoms with E-state index < -0.39 is 10.0 Å². The van der Waals surface area contributed by atoms with Gasteiger partial charge in [-0.15, -0.1) is 0 Å². The number of anilines is 2. The number of rotatable bonds is 7. The molecule has 1 aromatic heterocycles. The molecule has 2 aromatic carbocycles. The zero-order chi connectivity index (χ0) is 25.3. The van der Waals surface area contributed by atoms with Crippen molar-refractivity contribution < 1.29 is 22.8 Å². The van der Waals surface area contributed by atoms with Crippen molar-refractivity contribution in [3.8, 4) is 11.1 Å². The molecule has 1 aliphatic heterocycles. The van der Waals surface area contributed by atoms with Crippen LogP contribution in [0.1, 0.15) is 59.5 Å². The van der Waals surface area contributed by atoms with Crippen LogP contribution in [0.15, 0.2) is 47.4 Å². The standard InChI is InChI=1S/C25H26N4O5S/c1-4-6-20-24(25-26-22(31)11-12-23(32)29(25)27-20)18-10-9-15(2)21(14-18)35(33,34)28-19-8-5-7-17(13-19)16(3)30/h5,7-10,13-14,28H,4,6,11-12H2,1-3H3,(H,26,31). The van der Waals surface area contributed by atoms with Crippen molar-refractivity contribution >= 4 is 39.1 Å². The van der Waals surface area contributed by atoms with Crippen LogP contribution in [0.5, 0.6) is 0 Å². The van der Waals surface area contributed by atoms with Crippen LogP contribution >= 0.6 is 0 Å². The Morgan fingerprint density at radius 2 is 1.91 bits per heavy atom. The summed E-state index contributed by atoms with van der Waals surface area (Å²) in [6, 6.07) is 11.2. The Bertz CT molecular complexity index is 1460. The largest absolute Gasteiger partial charge is 0.310 e. The predicted octanol–water partition coefficient (Wildman–Crippen LogP) is 4.19. The highest BCUT2D eigenvalue weighted by Crippen LogP contribution is 2.36. The minimum atomic E-state index is -4.02. The third-order valence-electron chi connectivity index (χ3n) is 5.79. The number of hydrogen-bond acceptors (Lipinski definition) is 6. The molecule has 0 radical (unpaired) electrons. The molecule has 182 valence electrons. The maximum atomic E-state index is 13.3. The second-order valence-electron chi connectivity index (χ2n) is 8.50. The lowest BCUT2D eigenvalue weighted by atomic mass is 10.0. The third-order valence-corrected chi connectivity index (χ3v) is 7.32. The average Bonchev–Trinajstić information content (AvgIpc) is 3.08. The topological polar surface area (TPSA) is 127 Å². The molecule has 0 aliphatic carbocycles. The molecule has 4 rings (SSSR count). The summed E-state index contributed by atoms with van der Waals surface area (Å²) in [5, 5.41) is 7.23. The number of nitrogens with one attached hydrogen (secondary N) is 2. The van der Waals surface area contributed by atoms with Gasteiger partial charge in [0, 0.05) is 29.7 Å². The highest BCUT2D eigenvalue weighted by molar-refractivity contribution is 7.92. The number of nitrogens with zero attached hydrogens (tertiary/aromatic N) is 2. The maximum absolute atomic E-state index is 13.3. The van der Waals surface area contributed by atoms with Crippen molar-refractivity contribution in [3.63, 3.8) is 0 Å². The first-order chi connectivity index (χ1) is 16.6. The van der Waals surface area contributed by atoms with Gasteiger partial charge in [-0.2, -0.15) is 9.78 Å². The van der Waals surface area contributed by atoms with Gasteiger partial charge in [-0.05, 0) is 49.6 Å². The molecule has 35 heavy (non-hydrogen) atoms. The Hall–Kier alpha value is -3.79. The summed E-state index contributed by atoms with van der Waals surface area (Å²) < 4.78 is 30.4. The first-order valence-corrected chi connectivity index (χ1v) is 12.8. The fraction of sp³-hybridized carbons (Fsp3) is 0.280. The number of amides is 1. The molecule has 0 saturated heterocycles. The smallest absolute Gasteiger partial charge is 0.262 e. The molecular formula is C25H26N4O5S. The molecule has 0 unspecified atom stereocenters. The number of hydrogen-bond donors (Lipinski definition) is 2. The summed E-state index contributed by atoms with van der Waals surface area (Å²) in [6.07, 6.45) is 1.39. The average molecular weight is 495 g/mol. The molecule has 0 bridgehead atoms. The first kappa shape index (κ1) is 24.3. The van der Waals surface area contributed by atoms with Gasteiger partial charge in [0.05, 0.1) is 10.6 Å². The number of aryl methyl sites for hydroxylation is 2. The van der Waals surface area contributed by atoms with Crippen molar-refractivity contribution in [2.24, 2.45) is 0 Å². The van der Waals surface area contributed by atoms with E-state index in [0.717, 1.165) is 6.42 Å². The van der Waals surface area contributed by atoms with Gasteiger partial charge in [-0.1, -0.05) is 37.6 Å². The fourth-order valence-electron chi connectivity index (χ4n) is 4.05. The number of carbonyl (C=O) groups excluding carboxylic acids is 3. The van der Waals surface area contributed by atoms with E-state index in [1.807, 2.05) is 6.92 Å². The van der Waals surface area contributed by atoms with E-state index in [-0.39, 0.29) is 46.8 Å². The van der Waals surface area contributed by atoms with E-state index in [1.54, 1.807) is 37.3 Å². The van der Waals surface area contributed by atoms with Crippen LogP contribution in [0.2, 0.25) is 0 Å². The second kappa shape index (κ2) is 9.46. The summed E-state index contributed by atoms with van der Waals surface area (Å²) in [7, 11) is -4.02. The lowest BCUT2D eigenvalue weighted by Crippen LogP contribution is -2.15. The molecule has 0 atom stereocenters. The fourth-order valence-corrected chi connectivity index (χ4v) is 5.37. The van der Waals surface area contributed by atoms with Crippen molar-refractivity contribution in [3.05, 3.63) is 59.3 Å². The van der Waals surface area contributed by atoms with Crippen molar-refractivity contribution in [2.75, 3.05) is 10.0 Å². The third kappa shape index (κ3) is 4.88. The molecule has 2 heterocycles. The van der Waals surface area contributed by atoms with Crippen LogP contribution in [0.4, 0.5) is 11.5 Å². The minimum Gasteiger partial charge on any atom is -0.310 e. The van der Waals surface area contributed by atoms with E-state index in [2.05, 4.69) is 15.1 Å². The van der Waals surface area contributed by atoms with E-state index in [4.69, 9.17) is 0 Å². The van der Waals surface area contributed by atoms with E-state index in [9.17, 15) is 22.8 Å². The summed E-state index contributed by atoms with van der Waals surface area (Å²) in [5.41, 5.74) is 2.83. The minimum absolute atomic E-state index is 0.0388. The Morgan fingerprint density at radius 3 is 2.63 bits per heavy atom. The zero-order valence-electron chi connectivity index (χ0n) is 19.7. The predicted molar refractivity (Wildman–Crippen MR) is 132 cm³/mol. The monoisotopic (exact) mass is 494 g/mol. The van der Waals surface area contributed by atoms with Crippen LogP contribution in [-0.4, -0.2) is 35.8 Å². The molecule has 0 spiro atoms. The zero-order valence-corrected chi connectivity index (χ0v) is 20.5. The normalized spacial score (nSPS) is 13.7. The van der Waals surface area contributed by atoms with Gasteiger partial charge in [0.15, 0.2) is 5.78 Å². The van der Waals surface area contributed by atoms with Gasteiger partial charge in [0.2, 0.25) is 11.8 Å². The van der Waals surface area contributed by atoms with Crippen molar-refractivity contribution in [1.29, 1.82) is 0 Å². The first-order valence-electron chi connectivity index (χ1n) is 11.3. The second-order valence-corrected chi connectivity index (χ2v) is 10.1. The molecule has 0 fully saturated rings. The summed E-state index contributed by atoms with van der Waals surface area (Å²) in [6.45, 7) is 5.06. The SMILES string of the molecule is CCCc1nn2c(c1-c1ccc(C)c(S(=O)(=O)Nc3cccc(C(C)=O)c3)c1)NC(=O)CCC2=O. The van der Waals surface area contributed by atoms with E-state index in [1.165, 1.54) is 23.7 Å². The van der Waals surface area contributed by atoms with Crippen LogP contribution in [0, 0.1) is 6.92 Å². The molecular weight excluding hydrogens is 468 g/mol. The van der Waals surface area contributed by atoms with Crippen LogP contribution in [-0.2, 0) is 21.2 Å². The molecule has 0 saturated carbocycles. The van der Waals surface area contributed by atoms with Gasteiger partial charge >= 0.3 is 0 Å². The summed E-state index contributed by atoms with van der Waals surface area (Å²) in [5.74, 6) is -0.511. The molecule has 10 heteroatoms. The molecule has 3 aromatic rings. The lowest BCUT2D eigenvalue weighted by molar-refractivity contribution is -0.116. The number of benzene rings is 2. The Balaban J connectivity index is 1.82. The van der Waals surface area contributed by atoms with Gasteiger partial charge in [0.1, 0.15) is 5.82 Å². The lowest BCUT2D eigenvalue weighted by Gasteiger charge is -2.14. The Kier molecular flexibility index (Phi) is 6.58. The molecule has 1 aliphatic rings. The maximum Gasteiger partial charge on any atom is 0.262 e. The molecule has 9 nitrogen and oxygen atoms in total. The molecule has 2 N–H and O–H groups in total. The summed E-state index contributed by atoms with van der Waals surface area (Å²) >= 11 is 0. The number of fused-ring (bicyclic) bond motifs is 1. The van der Waals surface area contributed by atoms with Gasteiger partial charge in [-0.3, -0.25) is 19.1 Å². The Labute approximate surface area is 203 Å². The van der Waals surface area contributed by atoms with Crippen LogP contribution < -0.4 is 10.0 Å². The highest BCUT2D eigenvalue weighted by atomic mass is 32.2. The molecule has 1 amide bonds. The van der Waals surface area contributed by atoms with Crippen molar-refractivity contribution in [2.45, 2.75) is 51.3 Å². The van der Waals surface area contributed by atoms with Gasteiger partial charge < -0.3 is 5.32 Å². The number of sulfonamides is 1. The highest BCUT2D eigenvalue weighted by Gasteiger charge is 2.28. The van der Waals surface area contributed by atoms with Crippen molar-refractivity contribution in [1.82, 2.24) is 9.78 Å². The van der Waals surface area contributed by atoms with E-state index >= 15 is 0 Å². The van der Waals surface area contributed by atoms with Crippen LogP contribution in [0.25, 0.3) is 11.1 Å². The summed E-state index contributed by atoms with van der Waals surface area (Å²) in [4.78, 5) is 36.6. The van der Waals surface area contributed by atoms with Gasteiger partial charge in [-0.25, -0.2) is 8.42 Å². The number of ketones is 1. The van der Waals surface area contributed by atoms with E-state index in [0.29, 0.717) is 34.4 Å². The van der Waals surface area contributed by atoms with Gasteiger partial charge in [0.25, 0.3) is 10.0 Å². The quantitative estimate of drug-likeness (QED) is 0.474. The van der Waals surface area contributed by atoms with Crippen LogP contribution in [0.3, 0.4) is 0 Å². The number of carbonyl (C=O) groups is 3. The number of Topliss-reactive ketones (excluding diaryl/α,β-unsaturated/α-hetero) is 1. The number of aromatic nitrogens is 2. The Morgan fingerprint density at radius 1 is 1.14 bits per heavy atom.